The van der Waals surface area contributed by atoms with E-state index in [0.717, 1.165) is 32.1 Å². The topological polar surface area (TPSA) is 26.7 Å². The van der Waals surface area contributed by atoms with Crippen molar-refractivity contribution < 1.29 is 5.11 Å². The molecule has 1 aromatic rings. The van der Waals surface area contributed by atoms with Crippen LogP contribution in [-0.4, -0.2) is 53.2 Å². The molecule has 0 aromatic heterocycles. The molecule has 1 saturated heterocycles. The Hall–Kier alpha value is -0.900. The highest BCUT2D eigenvalue weighted by Crippen LogP contribution is 2.28. The molecule has 0 unspecified atom stereocenters. The standard InChI is InChI=1S/C19H30N2O/c1-16-5-4-6-17(13-16)14-20-10-11-21(18-7-2-3-8-18)19(15-20)9-12-22/h4-6,13,18-19,22H,2-3,7-12,14-15H2,1H3/t19-/m1/s1. The number of aliphatic hydroxyl groups is 1. The molecule has 3 rings (SSSR count). The summed E-state index contributed by atoms with van der Waals surface area (Å²) in [6, 6.07) is 10.2. The molecular weight excluding hydrogens is 272 g/mol. The minimum Gasteiger partial charge on any atom is -0.396 e. The van der Waals surface area contributed by atoms with Crippen LogP contribution in [-0.2, 0) is 6.54 Å². The van der Waals surface area contributed by atoms with Gasteiger partial charge in [0.1, 0.15) is 0 Å². The minimum absolute atomic E-state index is 0.312. The SMILES string of the molecule is Cc1cccc(CN2CCN(C3CCCC3)[C@H](CCO)C2)c1. The van der Waals surface area contributed by atoms with Crippen LogP contribution in [0.25, 0.3) is 0 Å². The summed E-state index contributed by atoms with van der Waals surface area (Å²) in [6.07, 6.45) is 6.42. The quantitative estimate of drug-likeness (QED) is 0.906. The van der Waals surface area contributed by atoms with Gasteiger partial charge in [-0.05, 0) is 31.7 Å². The van der Waals surface area contributed by atoms with Crippen molar-refractivity contribution in [3.63, 3.8) is 0 Å². The highest BCUT2D eigenvalue weighted by molar-refractivity contribution is 5.22. The van der Waals surface area contributed by atoms with E-state index < -0.39 is 0 Å². The number of nitrogens with zero attached hydrogens (tertiary/aromatic N) is 2. The Bertz CT molecular complexity index is 470. The first-order valence-corrected chi connectivity index (χ1v) is 8.91. The van der Waals surface area contributed by atoms with Gasteiger partial charge in [0.25, 0.3) is 0 Å². The summed E-state index contributed by atoms with van der Waals surface area (Å²) in [4.78, 5) is 5.27. The Morgan fingerprint density at radius 3 is 2.73 bits per heavy atom. The summed E-state index contributed by atoms with van der Waals surface area (Å²) in [5.41, 5.74) is 2.76. The van der Waals surface area contributed by atoms with Gasteiger partial charge in [-0.1, -0.05) is 42.7 Å². The monoisotopic (exact) mass is 302 g/mol. The van der Waals surface area contributed by atoms with Crippen LogP contribution >= 0.6 is 0 Å². The second kappa shape index (κ2) is 7.58. The number of hydrogen-bond donors (Lipinski definition) is 1. The van der Waals surface area contributed by atoms with Crippen LogP contribution in [0.3, 0.4) is 0 Å². The Balaban J connectivity index is 1.61. The van der Waals surface area contributed by atoms with Gasteiger partial charge < -0.3 is 5.11 Å². The third-order valence-corrected chi connectivity index (χ3v) is 5.36. The maximum absolute atomic E-state index is 9.45. The van der Waals surface area contributed by atoms with E-state index in [-0.39, 0.29) is 0 Å². The Kier molecular flexibility index (Phi) is 5.51. The molecule has 3 heteroatoms. The summed E-state index contributed by atoms with van der Waals surface area (Å²) in [7, 11) is 0. The van der Waals surface area contributed by atoms with Gasteiger partial charge in [0.15, 0.2) is 0 Å². The molecular formula is C19H30N2O. The summed E-state index contributed by atoms with van der Waals surface area (Å²) in [6.45, 7) is 6.95. The highest BCUT2D eigenvalue weighted by atomic mass is 16.3. The van der Waals surface area contributed by atoms with E-state index in [4.69, 9.17) is 0 Å². The van der Waals surface area contributed by atoms with Crippen molar-refractivity contribution in [2.45, 2.75) is 57.7 Å². The number of benzene rings is 1. The van der Waals surface area contributed by atoms with Crippen LogP contribution in [0.1, 0.15) is 43.2 Å². The van der Waals surface area contributed by atoms with E-state index in [9.17, 15) is 5.11 Å². The first-order valence-electron chi connectivity index (χ1n) is 8.91. The molecule has 1 N–H and O–H groups in total. The molecule has 1 aromatic carbocycles. The first kappa shape index (κ1) is 16.0. The molecule has 3 nitrogen and oxygen atoms in total. The van der Waals surface area contributed by atoms with E-state index in [1.165, 1.54) is 43.4 Å². The lowest BCUT2D eigenvalue weighted by atomic mass is 10.0. The summed E-state index contributed by atoms with van der Waals surface area (Å²) >= 11 is 0. The maximum Gasteiger partial charge on any atom is 0.0446 e. The van der Waals surface area contributed by atoms with Gasteiger partial charge in [0.2, 0.25) is 0 Å². The van der Waals surface area contributed by atoms with Crippen molar-refractivity contribution in [1.82, 2.24) is 9.80 Å². The summed E-state index contributed by atoms with van der Waals surface area (Å²) in [5.74, 6) is 0. The predicted octanol–water partition coefficient (Wildman–Crippen LogP) is 2.81. The van der Waals surface area contributed by atoms with Gasteiger partial charge in [0, 0.05) is 44.9 Å². The average molecular weight is 302 g/mol. The van der Waals surface area contributed by atoms with Gasteiger partial charge in [-0.25, -0.2) is 0 Å². The smallest absolute Gasteiger partial charge is 0.0446 e. The third-order valence-electron chi connectivity index (χ3n) is 5.36. The number of rotatable bonds is 5. The molecule has 1 aliphatic heterocycles. The predicted molar refractivity (Wildman–Crippen MR) is 90.9 cm³/mol. The number of hydrogen-bond acceptors (Lipinski definition) is 3. The van der Waals surface area contributed by atoms with Gasteiger partial charge in [-0.3, -0.25) is 9.80 Å². The summed E-state index contributed by atoms with van der Waals surface area (Å²) < 4.78 is 0. The van der Waals surface area contributed by atoms with Crippen molar-refractivity contribution in [3.8, 4) is 0 Å². The Morgan fingerprint density at radius 1 is 1.18 bits per heavy atom. The zero-order valence-corrected chi connectivity index (χ0v) is 13.9. The van der Waals surface area contributed by atoms with Crippen LogP contribution in [0.4, 0.5) is 0 Å². The fourth-order valence-corrected chi connectivity index (χ4v) is 4.27. The fraction of sp³-hybridized carbons (Fsp3) is 0.684. The van der Waals surface area contributed by atoms with Crippen LogP contribution in [0.5, 0.6) is 0 Å². The molecule has 1 atom stereocenters. The van der Waals surface area contributed by atoms with Crippen molar-refractivity contribution in [3.05, 3.63) is 35.4 Å². The molecule has 0 bridgehead atoms. The van der Waals surface area contributed by atoms with E-state index in [0.29, 0.717) is 12.6 Å². The maximum atomic E-state index is 9.45. The van der Waals surface area contributed by atoms with E-state index in [2.05, 4.69) is 41.0 Å². The molecule has 1 heterocycles. The molecule has 122 valence electrons. The molecule has 0 spiro atoms. The van der Waals surface area contributed by atoms with Crippen LogP contribution in [0.2, 0.25) is 0 Å². The fourth-order valence-electron chi connectivity index (χ4n) is 4.27. The largest absolute Gasteiger partial charge is 0.396 e. The van der Waals surface area contributed by atoms with Crippen molar-refractivity contribution in [2.75, 3.05) is 26.2 Å². The van der Waals surface area contributed by atoms with E-state index in [1.807, 2.05) is 0 Å². The highest BCUT2D eigenvalue weighted by Gasteiger charge is 2.32. The summed E-state index contributed by atoms with van der Waals surface area (Å²) in [5, 5.41) is 9.45. The van der Waals surface area contributed by atoms with Gasteiger partial charge >= 0.3 is 0 Å². The molecule has 0 radical (unpaired) electrons. The number of piperazine rings is 1. The Morgan fingerprint density at radius 2 is 2.00 bits per heavy atom. The lowest BCUT2D eigenvalue weighted by Gasteiger charge is -2.44. The van der Waals surface area contributed by atoms with Gasteiger partial charge in [-0.2, -0.15) is 0 Å². The average Bonchev–Trinajstić information content (AvgIpc) is 3.02. The molecule has 0 amide bonds. The second-order valence-electron chi connectivity index (χ2n) is 7.07. The van der Waals surface area contributed by atoms with Crippen LogP contribution in [0, 0.1) is 6.92 Å². The van der Waals surface area contributed by atoms with Crippen molar-refractivity contribution in [1.29, 1.82) is 0 Å². The minimum atomic E-state index is 0.312. The van der Waals surface area contributed by atoms with E-state index in [1.54, 1.807) is 0 Å². The molecule has 1 saturated carbocycles. The molecule has 1 aliphatic carbocycles. The lowest BCUT2D eigenvalue weighted by Crippen LogP contribution is -2.56. The molecule has 2 aliphatic rings. The zero-order valence-electron chi connectivity index (χ0n) is 13.9. The zero-order chi connectivity index (χ0) is 15.4. The second-order valence-corrected chi connectivity index (χ2v) is 7.07. The Labute approximate surface area is 134 Å². The van der Waals surface area contributed by atoms with Crippen molar-refractivity contribution >= 4 is 0 Å². The van der Waals surface area contributed by atoms with Gasteiger partial charge in [-0.15, -0.1) is 0 Å². The number of aryl methyl sites for hydroxylation is 1. The lowest BCUT2D eigenvalue weighted by molar-refractivity contribution is 0.0267. The normalized spacial score (nSPS) is 24.9. The van der Waals surface area contributed by atoms with Crippen LogP contribution < -0.4 is 0 Å². The number of aliphatic hydroxyl groups excluding tert-OH is 1. The van der Waals surface area contributed by atoms with E-state index >= 15 is 0 Å². The van der Waals surface area contributed by atoms with Crippen LogP contribution in [0.15, 0.2) is 24.3 Å². The van der Waals surface area contributed by atoms with Crippen molar-refractivity contribution in [2.24, 2.45) is 0 Å². The van der Waals surface area contributed by atoms with Gasteiger partial charge in [0.05, 0.1) is 0 Å². The third kappa shape index (κ3) is 3.89. The molecule has 2 fully saturated rings. The molecule has 22 heavy (non-hydrogen) atoms. The first-order chi connectivity index (χ1) is 10.8.